The zero-order valence-electron chi connectivity index (χ0n) is 11.8. The van der Waals surface area contributed by atoms with Crippen LogP contribution < -0.4 is 16.0 Å². The molecule has 21 heavy (non-hydrogen) atoms. The minimum Gasteiger partial charge on any atom is -0.378 e. The van der Waals surface area contributed by atoms with Crippen molar-refractivity contribution < 1.29 is 9.72 Å². The number of piperidine rings is 1. The molecule has 1 fully saturated rings. The standard InChI is InChI=1S/C14H20N4O3/c19-14(11-4-3-7-15-10-11)17-9-8-16-12-5-1-2-6-13(12)18(20)21/h1-2,5-6,11,15-16H,3-4,7-10H2,(H,17,19). The normalized spacial score (nSPS) is 18.0. The van der Waals surface area contributed by atoms with Crippen LogP contribution in [-0.2, 0) is 4.79 Å². The number of carbonyl (C=O) groups excluding carboxylic acids is 1. The maximum absolute atomic E-state index is 11.9. The molecule has 0 aliphatic carbocycles. The lowest BCUT2D eigenvalue weighted by Crippen LogP contribution is -2.41. The Morgan fingerprint density at radius 3 is 2.90 bits per heavy atom. The van der Waals surface area contributed by atoms with Gasteiger partial charge >= 0.3 is 0 Å². The van der Waals surface area contributed by atoms with Gasteiger partial charge in [0.15, 0.2) is 0 Å². The number of nitrogens with zero attached hydrogens (tertiary/aromatic N) is 1. The van der Waals surface area contributed by atoms with Crippen molar-refractivity contribution in [3.05, 3.63) is 34.4 Å². The maximum atomic E-state index is 11.9. The number of anilines is 1. The van der Waals surface area contributed by atoms with Gasteiger partial charge < -0.3 is 16.0 Å². The predicted octanol–water partition coefficient (Wildman–Crippen LogP) is 1.12. The second-order valence-electron chi connectivity index (χ2n) is 5.04. The van der Waals surface area contributed by atoms with E-state index >= 15 is 0 Å². The van der Waals surface area contributed by atoms with Crippen LogP contribution in [0.3, 0.4) is 0 Å². The molecular formula is C14H20N4O3. The summed E-state index contributed by atoms with van der Waals surface area (Å²) >= 11 is 0. The Balaban J connectivity index is 1.74. The fourth-order valence-electron chi connectivity index (χ4n) is 2.39. The first-order chi connectivity index (χ1) is 10.2. The van der Waals surface area contributed by atoms with Gasteiger partial charge in [-0.15, -0.1) is 0 Å². The number of benzene rings is 1. The van der Waals surface area contributed by atoms with Crippen LogP contribution in [0.5, 0.6) is 0 Å². The van der Waals surface area contributed by atoms with E-state index in [1.807, 2.05) is 0 Å². The molecular weight excluding hydrogens is 272 g/mol. The molecule has 2 rings (SSSR count). The van der Waals surface area contributed by atoms with E-state index in [0.717, 1.165) is 25.9 Å². The largest absolute Gasteiger partial charge is 0.378 e. The first kappa shape index (κ1) is 15.2. The minimum atomic E-state index is -0.422. The molecule has 7 nitrogen and oxygen atoms in total. The van der Waals surface area contributed by atoms with Crippen molar-refractivity contribution in [3.63, 3.8) is 0 Å². The Kier molecular flexibility index (Phi) is 5.51. The maximum Gasteiger partial charge on any atom is 0.292 e. The zero-order chi connectivity index (χ0) is 15.1. The van der Waals surface area contributed by atoms with Crippen LogP contribution in [0, 0.1) is 16.0 Å². The molecule has 1 saturated heterocycles. The summed E-state index contributed by atoms with van der Waals surface area (Å²) in [6.07, 6.45) is 1.93. The second kappa shape index (κ2) is 7.58. The summed E-state index contributed by atoms with van der Waals surface area (Å²) in [4.78, 5) is 22.3. The average molecular weight is 292 g/mol. The highest BCUT2D eigenvalue weighted by Crippen LogP contribution is 2.22. The lowest BCUT2D eigenvalue weighted by atomic mass is 9.99. The number of nitro groups is 1. The third-order valence-electron chi connectivity index (χ3n) is 3.51. The lowest BCUT2D eigenvalue weighted by Gasteiger charge is -2.21. The fraction of sp³-hybridized carbons (Fsp3) is 0.500. The van der Waals surface area contributed by atoms with Gasteiger partial charge in [-0.05, 0) is 25.5 Å². The molecule has 1 aromatic rings. The molecule has 1 aromatic carbocycles. The van der Waals surface area contributed by atoms with E-state index in [-0.39, 0.29) is 17.5 Å². The molecule has 114 valence electrons. The first-order valence-corrected chi connectivity index (χ1v) is 7.14. The van der Waals surface area contributed by atoms with Crippen LogP contribution in [-0.4, -0.2) is 37.0 Å². The number of nitrogens with one attached hydrogen (secondary N) is 3. The van der Waals surface area contributed by atoms with E-state index < -0.39 is 4.92 Å². The number of amides is 1. The van der Waals surface area contributed by atoms with Gasteiger partial charge in [-0.3, -0.25) is 14.9 Å². The van der Waals surface area contributed by atoms with Crippen LogP contribution in [0.1, 0.15) is 12.8 Å². The molecule has 0 spiro atoms. The lowest BCUT2D eigenvalue weighted by molar-refractivity contribution is -0.384. The van der Waals surface area contributed by atoms with Gasteiger partial charge in [-0.25, -0.2) is 0 Å². The SMILES string of the molecule is O=C(NCCNc1ccccc1[N+](=O)[O-])C1CCCNC1. The van der Waals surface area contributed by atoms with E-state index in [1.165, 1.54) is 6.07 Å². The van der Waals surface area contributed by atoms with Gasteiger partial charge in [0.1, 0.15) is 5.69 Å². The van der Waals surface area contributed by atoms with E-state index in [9.17, 15) is 14.9 Å². The van der Waals surface area contributed by atoms with Crippen molar-refractivity contribution in [2.45, 2.75) is 12.8 Å². The van der Waals surface area contributed by atoms with Crippen LogP contribution in [0.2, 0.25) is 0 Å². The molecule has 1 aliphatic rings. The number of carbonyl (C=O) groups is 1. The van der Waals surface area contributed by atoms with Crippen molar-refractivity contribution in [2.24, 2.45) is 5.92 Å². The van der Waals surface area contributed by atoms with E-state index in [1.54, 1.807) is 18.2 Å². The van der Waals surface area contributed by atoms with Gasteiger partial charge in [-0.2, -0.15) is 0 Å². The fourth-order valence-corrected chi connectivity index (χ4v) is 2.39. The Morgan fingerprint density at radius 2 is 2.19 bits per heavy atom. The summed E-state index contributed by atoms with van der Waals surface area (Å²) in [6.45, 7) is 2.60. The van der Waals surface area contributed by atoms with Gasteiger partial charge in [0.2, 0.25) is 5.91 Å². The van der Waals surface area contributed by atoms with Gasteiger partial charge in [-0.1, -0.05) is 12.1 Å². The van der Waals surface area contributed by atoms with Crippen molar-refractivity contribution in [3.8, 4) is 0 Å². The summed E-state index contributed by atoms with van der Waals surface area (Å²) in [5, 5.41) is 19.9. The topological polar surface area (TPSA) is 96.3 Å². The highest BCUT2D eigenvalue weighted by molar-refractivity contribution is 5.79. The van der Waals surface area contributed by atoms with Crippen LogP contribution in [0.15, 0.2) is 24.3 Å². The smallest absolute Gasteiger partial charge is 0.292 e. The monoisotopic (exact) mass is 292 g/mol. The Hall–Kier alpha value is -2.15. The summed E-state index contributed by atoms with van der Waals surface area (Å²) in [7, 11) is 0. The number of para-hydroxylation sites is 2. The summed E-state index contributed by atoms with van der Waals surface area (Å²) < 4.78 is 0. The van der Waals surface area contributed by atoms with Crippen molar-refractivity contribution in [1.29, 1.82) is 0 Å². The molecule has 0 radical (unpaired) electrons. The Bertz CT molecular complexity index is 501. The first-order valence-electron chi connectivity index (χ1n) is 7.14. The van der Waals surface area contributed by atoms with Gasteiger partial charge in [0.05, 0.1) is 10.8 Å². The molecule has 1 aliphatic heterocycles. The van der Waals surface area contributed by atoms with Gasteiger partial charge in [0, 0.05) is 25.7 Å². The number of hydrogen-bond acceptors (Lipinski definition) is 5. The highest BCUT2D eigenvalue weighted by Gasteiger charge is 2.20. The summed E-state index contributed by atoms with van der Waals surface area (Å²) in [5.74, 6) is 0.0800. The van der Waals surface area contributed by atoms with E-state index in [0.29, 0.717) is 18.8 Å². The van der Waals surface area contributed by atoms with E-state index in [4.69, 9.17) is 0 Å². The average Bonchev–Trinajstić information content (AvgIpc) is 2.52. The highest BCUT2D eigenvalue weighted by atomic mass is 16.6. The number of nitro benzene ring substituents is 1. The Labute approximate surface area is 123 Å². The molecule has 1 amide bonds. The van der Waals surface area contributed by atoms with Crippen LogP contribution in [0.25, 0.3) is 0 Å². The molecule has 3 N–H and O–H groups in total. The summed E-state index contributed by atoms with van der Waals surface area (Å²) in [6, 6.07) is 6.47. The van der Waals surface area contributed by atoms with Gasteiger partial charge in [0.25, 0.3) is 5.69 Å². The van der Waals surface area contributed by atoms with Crippen molar-refractivity contribution in [2.75, 3.05) is 31.5 Å². The van der Waals surface area contributed by atoms with Crippen molar-refractivity contribution >= 4 is 17.3 Å². The summed E-state index contributed by atoms with van der Waals surface area (Å²) in [5.41, 5.74) is 0.511. The number of hydrogen-bond donors (Lipinski definition) is 3. The van der Waals surface area contributed by atoms with Crippen LogP contribution >= 0.6 is 0 Å². The third-order valence-corrected chi connectivity index (χ3v) is 3.51. The predicted molar refractivity (Wildman–Crippen MR) is 80.2 cm³/mol. The molecule has 7 heteroatoms. The molecule has 0 saturated carbocycles. The Morgan fingerprint density at radius 1 is 1.38 bits per heavy atom. The minimum absolute atomic E-state index is 0.0322. The molecule has 1 unspecified atom stereocenters. The molecule has 0 aromatic heterocycles. The second-order valence-corrected chi connectivity index (χ2v) is 5.04. The molecule has 0 bridgehead atoms. The van der Waals surface area contributed by atoms with E-state index in [2.05, 4.69) is 16.0 Å². The molecule has 1 atom stereocenters. The quantitative estimate of drug-likeness (QED) is 0.415. The molecule has 1 heterocycles. The zero-order valence-corrected chi connectivity index (χ0v) is 11.8. The van der Waals surface area contributed by atoms with Crippen LogP contribution in [0.4, 0.5) is 11.4 Å². The third kappa shape index (κ3) is 4.42. The van der Waals surface area contributed by atoms with Crippen molar-refractivity contribution in [1.82, 2.24) is 10.6 Å². The number of rotatable bonds is 6.